The van der Waals surface area contributed by atoms with Crippen LogP contribution in [-0.4, -0.2) is 13.9 Å². The van der Waals surface area contributed by atoms with Crippen molar-refractivity contribution >= 4 is 35.1 Å². The molecule has 0 atom stereocenters. The third kappa shape index (κ3) is 1.36. The molecule has 0 aliphatic carbocycles. The lowest BCUT2D eigenvalue weighted by molar-refractivity contribution is 0.908. The Hall–Kier alpha value is -0.810. The first-order valence-corrected chi connectivity index (χ1v) is 5.00. The van der Waals surface area contributed by atoms with Crippen LogP contribution in [0, 0.1) is 13.8 Å². The maximum atomic E-state index is 12.6. The first kappa shape index (κ1) is 9.73. The number of rotatable bonds is 1. The van der Waals surface area contributed by atoms with Crippen LogP contribution in [0.4, 0.5) is 3.89 Å². The third-order valence-electron chi connectivity index (χ3n) is 1.88. The summed E-state index contributed by atoms with van der Waals surface area (Å²) in [5.41, 5.74) is 1.76. The van der Waals surface area contributed by atoms with Gasteiger partial charge < -0.3 is 0 Å². The molecule has 0 saturated heterocycles. The van der Waals surface area contributed by atoms with Crippen molar-refractivity contribution in [2.75, 3.05) is 0 Å². The van der Waals surface area contributed by atoms with Gasteiger partial charge in [0.05, 0.1) is 5.02 Å². The van der Waals surface area contributed by atoms with Gasteiger partial charge in [-0.25, -0.2) is 13.9 Å². The minimum absolute atomic E-state index is 0.0820. The molecule has 0 aliphatic heterocycles. The van der Waals surface area contributed by atoms with Crippen LogP contribution in [0.2, 0.25) is 5.02 Å². The van der Waals surface area contributed by atoms with Crippen molar-refractivity contribution in [3.63, 3.8) is 0 Å². The molecule has 0 N–H and O–H groups in total. The topological polar surface area (TPSA) is 30.7 Å². The van der Waals surface area contributed by atoms with Crippen LogP contribution in [0.3, 0.4) is 0 Å². The molecule has 0 bridgehead atoms. The van der Waals surface area contributed by atoms with Gasteiger partial charge in [0, 0.05) is 5.69 Å². The minimum atomic E-state index is 0.0820. The Morgan fingerprint density at radius 3 is 2.79 bits per heavy atom. The second-order valence-corrected chi connectivity index (χ2v) is 3.85. The number of aryl methyl sites for hydroxylation is 2. The molecule has 0 aliphatic rings. The van der Waals surface area contributed by atoms with E-state index in [0.717, 1.165) is 5.69 Å². The largest absolute Gasteiger partial charge is 0.233 e. The predicted molar refractivity (Wildman–Crippen MR) is 56.1 cm³/mol. The van der Waals surface area contributed by atoms with E-state index >= 15 is 0 Å². The van der Waals surface area contributed by atoms with Gasteiger partial charge in [-0.2, -0.15) is 0 Å². The number of imidazole rings is 1. The van der Waals surface area contributed by atoms with E-state index in [0.29, 0.717) is 22.0 Å². The molecule has 0 aromatic carbocycles. The van der Waals surface area contributed by atoms with Crippen LogP contribution in [0.25, 0.3) is 11.2 Å². The van der Waals surface area contributed by atoms with E-state index in [4.69, 9.17) is 11.6 Å². The zero-order chi connectivity index (χ0) is 10.3. The van der Waals surface area contributed by atoms with E-state index in [9.17, 15) is 3.89 Å². The molecule has 74 valence electrons. The molecule has 2 aromatic rings. The van der Waals surface area contributed by atoms with Gasteiger partial charge in [0.25, 0.3) is 0 Å². The van der Waals surface area contributed by atoms with Gasteiger partial charge in [0.1, 0.15) is 11.3 Å². The number of nitrogens with zero attached hydrogens (tertiary/aromatic N) is 3. The fourth-order valence-electron chi connectivity index (χ4n) is 1.30. The Kier molecular flexibility index (Phi) is 2.36. The van der Waals surface area contributed by atoms with Crippen molar-refractivity contribution < 1.29 is 3.89 Å². The summed E-state index contributed by atoms with van der Waals surface area (Å²) in [6, 6.07) is 1.71. The Bertz CT molecular complexity index is 497. The second-order valence-electron chi connectivity index (χ2n) is 2.94. The van der Waals surface area contributed by atoms with Crippen LogP contribution >= 0.6 is 23.9 Å². The van der Waals surface area contributed by atoms with Crippen molar-refractivity contribution in [1.82, 2.24) is 13.9 Å². The lowest BCUT2D eigenvalue weighted by atomic mass is 10.3. The number of fused-ring (bicyclic) bond motifs is 1. The zero-order valence-electron chi connectivity index (χ0n) is 7.58. The quantitative estimate of drug-likeness (QED) is 0.756. The van der Waals surface area contributed by atoms with Gasteiger partial charge in [0.15, 0.2) is 18.0 Å². The predicted octanol–water partition coefficient (Wildman–Crippen LogP) is 3.08. The molecule has 0 saturated carbocycles. The summed E-state index contributed by atoms with van der Waals surface area (Å²) < 4.78 is 13.9. The Morgan fingerprint density at radius 1 is 1.43 bits per heavy atom. The summed E-state index contributed by atoms with van der Waals surface area (Å²) in [7, 11) is 0. The molecule has 0 unspecified atom stereocenters. The number of aromatic nitrogens is 3. The standard InChI is InChI=1S/C8H7ClFN3S/c1-4-3-6(9)7-8(11-4)13(14-10)5(2)12-7/h3H,1-2H3. The van der Waals surface area contributed by atoms with E-state index in [-0.39, 0.29) is 12.3 Å². The van der Waals surface area contributed by atoms with E-state index < -0.39 is 0 Å². The highest BCUT2D eigenvalue weighted by atomic mass is 35.5. The van der Waals surface area contributed by atoms with E-state index in [1.807, 2.05) is 0 Å². The highest BCUT2D eigenvalue weighted by Gasteiger charge is 2.12. The molecular weight excluding hydrogens is 225 g/mol. The molecule has 0 spiro atoms. The van der Waals surface area contributed by atoms with Crippen molar-refractivity contribution in [2.24, 2.45) is 0 Å². The smallest absolute Gasteiger partial charge is 0.174 e. The Labute approximate surface area is 89.7 Å². The van der Waals surface area contributed by atoms with E-state index in [1.54, 1.807) is 19.9 Å². The Morgan fingerprint density at radius 2 is 2.14 bits per heavy atom. The number of hydrogen-bond acceptors (Lipinski definition) is 3. The summed E-state index contributed by atoms with van der Waals surface area (Å²) in [5, 5.41) is 0.503. The summed E-state index contributed by atoms with van der Waals surface area (Å²) >= 11 is 6.04. The molecule has 0 amide bonds. The lowest BCUT2D eigenvalue weighted by Gasteiger charge is -1.98. The number of halogens is 2. The lowest BCUT2D eigenvalue weighted by Crippen LogP contribution is -1.90. The monoisotopic (exact) mass is 231 g/mol. The highest BCUT2D eigenvalue weighted by molar-refractivity contribution is 7.92. The van der Waals surface area contributed by atoms with E-state index in [2.05, 4.69) is 9.97 Å². The molecule has 2 rings (SSSR count). The summed E-state index contributed by atoms with van der Waals surface area (Å²) in [4.78, 5) is 8.32. The maximum Gasteiger partial charge on any atom is 0.174 e. The second kappa shape index (κ2) is 3.40. The number of pyridine rings is 1. The fourth-order valence-corrected chi connectivity index (χ4v) is 1.92. The van der Waals surface area contributed by atoms with Crippen molar-refractivity contribution in [3.8, 4) is 0 Å². The van der Waals surface area contributed by atoms with Gasteiger partial charge in [-0.15, -0.1) is 3.89 Å². The minimum Gasteiger partial charge on any atom is -0.233 e. The van der Waals surface area contributed by atoms with Gasteiger partial charge in [0.2, 0.25) is 0 Å². The van der Waals surface area contributed by atoms with Crippen molar-refractivity contribution in [1.29, 1.82) is 0 Å². The summed E-state index contributed by atoms with van der Waals surface area (Å²) in [6.07, 6.45) is 0. The molecule has 6 heteroatoms. The molecule has 0 fully saturated rings. The normalized spacial score (nSPS) is 11.1. The van der Waals surface area contributed by atoms with E-state index in [1.165, 1.54) is 3.97 Å². The maximum absolute atomic E-state index is 12.6. The first-order valence-electron chi connectivity index (χ1n) is 3.94. The molecule has 0 radical (unpaired) electrons. The van der Waals surface area contributed by atoms with Crippen LogP contribution in [0.15, 0.2) is 6.07 Å². The van der Waals surface area contributed by atoms with Crippen molar-refractivity contribution in [2.45, 2.75) is 13.8 Å². The highest BCUT2D eigenvalue weighted by Crippen LogP contribution is 2.26. The molecular formula is C8H7ClFN3S. The van der Waals surface area contributed by atoms with Gasteiger partial charge >= 0.3 is 0 Å². The van der Waals surface area contributed by atoms with Crippen LogP contribution < -0.4 is 0 Å². The Balaban J connectivity index is 2.87. The van der Waals surface area contributed by atoms with Crippen molar-refractivity contribution in [3.05, 3.63) is 22.6 Å². The average Bonchev–Trinajstić information content (AvgIpc) is 2.41. The number of hydrogen-bond donors (Lipinski definition) is 0. The third-order valence-corrected chi connectivity index (χ3v) is 2.75. The summed E-state index contributed by atoms with van der Waals surface area (Å²) in [6.45, 7) is 3.51. The SMILES string of the molecule is Cc1cc(Cl)c2nc(C)n(SF)c2n1. The summed E-state index contributed by atoms with van der Waals surface area (Å²) in [5.74, 6) is 0.549. The molecule has 14 heavy (non-hydrogen) atoms. The molecule has 2 aromatic heterocycles. The molecule has 3 nitrogen and oxygen atoms in total. The van der Waals surface area contributed by atoms with Gasteiger partial charge in [-0.1, -0.05) is 11.6 Å². The average molecular weight is 232 g/mol. The fraction of sp³-hybridized carbons (Fsp3) is 0.250. The van der Waals surface area contributed by atoms with Crippen LogP contribution in [0.5, 0.6) is 0 Å². The zero-order valence-corrected chi connectivity index (χ0v) is 9.16. The van der Waals surface area contributed by atoms with Gasteiger partial charge in [-0.3, -0.25) is 0 Å². The molecule has 2 heterocycles. The van der Waals surface area contributed by atoms with Crippen LogP contribution in [0.1, 0.15) is 11.5 Å². The first-order chi connectivity index (χ1) is 6.63. The van der Waals surface area contributed by atoms with Crippen LogP contribution in [-0.2, 0) is 0 Å². The van der Waals surface area contributed by atoms with Gasteiger partial charge in [-0.05, 0) is 19.9 Å².